The summed E-state index contributed by atoms with van der Waals surface area (Å²) in [6, 6.07) is -3.62. The molecule has 2 fully saturated rings. The molecule has 75 heavy (non-hydrogen) atoms. The minimum absolute atomic E-state index is 0.132. The van der Waals surface area contributed by atoms with Crippen molar-refractivity contribution in [2.24, 2.45) is 22.6 Å². The Bertz CT molecular complexity index is 2200. The third-order valence-electron chi connectivity index (χ3n) is 13.4. The van der Waals surface area contributed by atoms with Crippen molar-refractivity contribution in [1.29, 1.82) is 0 Å². The summed E-state index contributed by atoms with van der Waals surface area (Å²) < 4.78 is 49.3. The van der Waals surface area contributed by atoms with Crippen molar-refractivity contribution >= 4 is 28.1 Å². The van der Waals surface area contributed by atoms with Crippen molar-refractivity contribution < 1.29 is 88.0 Å². The lowest BCUT2D eigenvalue weighted by Gasteiger charge is -2.46. The number of cyclic esters (lactones) is 1. The molecule has 0 radical (unpaired) electrons. The van der Waals surface area contributed by atoms with Crippen LogP contribution in [0.25, 0.3) is 0 Å². The number of carbonyl (C=O) groups excluding carboxylic acids is 2. The molecule has 0 aromatic carbocycles. The van der Waals surface area contributed by atoms with Gasteiger partial charge < -0.3 is 86.4 Å². The van der Waals surface area contributed by atoms with Gasteiger partial charge in [0.05, 0.1) is 85.6 Å². The zero-order valence-electron chi connectivity index (χ0n) is 42.9. The number of urea groups is 1. The van der Waals surface area contributed by atoms with E-state index in [0.29, 0.717) is 6.42 Å². The molecule has 2 amide bonds. The summed E-state index contributed by atoms with van der Waals surface area (Å²) in [6.07, 6.45) is 6.02. The Labute approximate surface area is 438 Å². The standard InChI is InChI=1S/C52H80N4O18S/c1-31-18-15-13-11-9-7-5-6-8-10-12-14-16-19-38(73-50-49(66)45(53)48(65)34(4)72-50)27-42-46(56-51(67)55-30-75(69,70)43-20-17-23-54-43)41(62)29-52(68,74-42)28-37(59)25-40(61)39(60)22-21-35(57)24-36(58)26-44(63)71-33(3)32(2)47(31)64/h5-16,18-20,23,31-42,45-50,57-62,64-66,68H,17,21-22,24-30,53H2,1-4H3,(H2,55,56,67)/b6-5+,9-7+,10-8+,13-11+,14-12+,18-15+,19-16+/t31-,32-,33-,34+,35+,36+,37-,38-,39+,40+,41-,42-,45-,46+,47+,48+,49-,50-,52+/m0/s1. The van der Waals surface area contributed by atoms with Crippen LogP contribution in [0.2, 0.25) is 0 Å². The molecule has 14 N–H and O–H groups in total. The molecule has 0 unspecified atom stereocenters. The van der Waals surface area contributed by atoms with Gasteiger partial charge in [0.15, 0.2) is 17.1 Å². The molecule has 0 saturated carbocycles. The highest BCUT2D eigenvalue weighted by Crippen LogP contribution is 2.35. The number of allylic oxidation sites excluding steroid dienone is 13. The number of aliphatic hydroxyl groups is 10. The van der Waals surface area contributed by atoms with E-state index in [4.69, 9.17) is 24.7 Å². The van der Waals surface area contributed by atoms with Crippen LogP contribution < -0.4 is 16.4 Å². The molecule has 4 heterocycles. The Morgan fingerprint density at radius 3 is 1.97 bits per heavy atom. The second-order valence-electron chi connectivity index (χ2n) is 19.7. The number of hydrogen-bond donors (Lipinski definition) is 13. The number of hydrogen-bond acceptors (Lipinski definition) is 20. The summed E-state index contributed by atoms with van der Waals surface area (Å²) in [5.74, 6) is -4.74. The van der Waals surface area contributed by atoms with Gasteiger partial charge in [-0.3, -0.25) is 4.79 Å². The van der Waals surface area contributed by atoms with Crippen LogP contribution in [0.5, 0.6) is 0 Å². The third-order valence-corrected chi connectivity index (χ3v) is 14.8. The van der Waals surface area contributed by atoms with Crippen molar-refractivity contribution in [2.45, 2.75) is 189 Å². The molecule has 4 aliphatic heterocycles. The molecule has 0 aromatic rings. The highest BCUT2D eigenvalue weighted by Gasteiger charge is 2.49. The van der Waals surface area contributed by atoms with Gasteiger partial charge in [-0.1, -0.05) is 98.9 Å². The van der Waals surface area contributed by atoms with E-state index in [9.17, 15) is 69.1 Å². The van der Waals surface area contributed by atoms with E-state index in [1.54, 1.807) is 86.8 Å². The average Bonchev–Trinajstić information content (AvgIpc) is 3.90. The second kappa shape index (κ2) is 30.6. The number of fused-ring (bicyclic) bond motifs is 2. The second-order valence-corrected chi connectivity index (χ2v) is 21.7. The fraction of sp³-hybridized carbons (Fsp3) is 0.635. The number of sulfone groups is 1. The molecule has 0 aliphatic carbocycles. The number of amides is 2. The van der Waals surface area contributed by atoms with Gasteiger partial charge in [-0.2, -0.15) is 0 Å². The lowest BCUT2D eigenvalue weighted by molar-refractivity contribution is -0.303. The quantitative estimate of drug-likeness (QED) is 0.160. The SMILES string of the molecule is C[C@@H]1[C@H](O)[C@@H](C)/C=C/C=C/C=C/C=C/C=C/C=C/C=C/[C@H](O[C@@H]2O[C@H](C)[C@@H](O)[C@H](N)[C@@H]2O)C[C@@H]2O[C@](O)(C[C@@H](O)C[C@@H](O)[C@H](O)CC[C@@H](O)C[C@@H](O)CC(=O)O[C@H]1C)C[C@H](O)[C@H]2NC(=O)NCS(=O)(=O)C1=CCC=N1. The maximum absolute atomic E-state index is 13.3. The molecule has 4 rings (SSSR count). The monoisotopic (exact) mass is 1080 g/mol. The van der Waals surface area contributed by atoms with Crippen molar-refractivity contribution in [3.05, 3.63) is 96.2 Å². The van der Waals surface area contributed by atoms with Crippen molar-refractivity contribution in [2.75, 3.05) is 5.88 Å². The van der Waals surface area contributed by atoms with Crippen LogP contribution in [0, 0.1) is 11.8 Å². The number of nitrogens with one attached hydrogen (secondary N) is 2. The van der Waals surface area contributed by atoms with Crippen LogP contribution in [0.1, 0.15) is 85.5 Å². The van der Waals surface area contributed by atoms with Crippen LogP contribution in [0.4, 0.5) is 4.79 Å². The molecular formula is C52H80N4O18S. The maximum atomic E-state index is 13.3. The zero-order chi connectivity index (χ0) is 55.5. The fourth-order valence-corrected chi connectivity index (χ4v) is 9.88. The number of nitrogens with two attached hydrogens (primary N) is 1. The van der Waals surface area contributed by atoms with Gasteiger partial charge in [-0.05, 0) is 39.2 Å². The molecule has 2 bridgehead atoms. The van der Waals surface area contributed by atoms with E-state index in [1.807, 2.05) is 13.0 Å². The lowest BCUT2D eigenvalue weighted by Crippen LogP contribution is -2.64. The number of carbonyl (C=O) groups is 2. The van der Waals surface area contributed by atoms with E-state index in [1.165, 1.54) is 25.3 Å². The normalized spacial score (nSPS) is 41.9. The summed E-state index contributed by atoms with van der Waals surface area (Å²) in [5.41, 5.74) is 6.10. The van der Waals surface area contributed by atoms with Gasteiger partial charge in [0.2, 0.25) is 9.84 Å². The topological polar surface area (TPSA) is 370 Å². The molecular weight excluding hydrogens is 1000 g/mol. The van der Waals surface area contributed by atoms with Crippen LogP contribution in [-0.4, -0.2) is 187 Å². The number of aliphatic hydroxyl groups excluding tert-OH is 9. The van der Waals surface area contributed by atoms with Gasteiger partial charge in [0.1, 0.15) is 18.1 Å². The smallest absolute Gasteiger partial charge is 0.316 e. The first-order valence-electron chi connectivity index (χ1n) is 25.4. The number of rotatable bonds is 6. The predicted molar refractivity (Wildman–Crippen MR) is 276 cm³/mol. The number of aliphatic imine (C=N–C) groups is 1. The van der Waals surface area contributed by atoms with Crippen LogP contribution >= 0.6 is 0 Å². The first-order chi connectivity index (χ1) is 35.4. The summed E-state index contributed by atoms with van der Waals surface area (Å²) in [7, 11) is -4.05. The van der Waals surface area contributed by atoms with Gasteiger partial charge in [-0.25, -0.2) is 18.2 Å². The molecule has 22 nitrogen and oxygen atoms in total. The maximum Gasteiger partial charge on any atom is 0.316 e. The van der Waals surface area contributed by atoms with Crippen molar-refractivity contribution in [3.63, 3.8) is 0 Å². The summed E-state index contributed by atoms with van der Waals surface area (Å²) in [4.78, 5) is 29.8. The third kappa shape index (κ3) is 20.9. The Kier molecular flexibility index (Phi) is 25.8. The molecule has 0 aromatic heterocycles. The first-order valence-corrected chi connectivity index (χ1v) is 27.0. The largest absolute Gasteiger partial charge is 0.462 e. The number of esters is 1. The van der Waals surface area contributed by atoms with Gasteiger partial charge in [0, 0.05) is 50.2 Å². The van der Waals surface area contributed by atoms with Gasteiger partial charge in [-0.15, -0.1) is 0 Å². The summed E-state index contributed by atoms with van der Waals surface area (Å²) in [5, 5.41) is 115. The summed E-state index contributed by atoms with van der Waals surface area (Å²) in [6.45, 7) is 6.72. The Morgan fingerprint density at radius 1 is 0.747 bits per heavy atom. The molecule has 0 spiro atoms. The van der Waals surface area contributed by atoms with Gasteiger partial charge in [0.25, 0.3) is 0 Å². The Hall–Kier alpha value is -4.28. The van der Waals surface area contributed by atoms with E-state index >= 15 is 0 Å². The molecule has 19 atom stereocenters. The highest BCUT2D eigenvalue weighted by molar-refractivity contribution is 7.95. The fourth-order valence-electron chi connectivity index (χ4n) is 8.83. The minimum Gasteiger partial charge on any atom is -0.462 e. The van der Waals surface area contributed by atoms with Crippen molar-refractivity contribution in [3.8, 4) is 0 Å². The predicted octanol–water partition coefficient (Wildman–Crippen LogP) is 0.367. The summed E-state index contributed by atoms with van der Waals surface area (Å²) >= 11 is 0. The molecule has 2 saturated heterocycles. The molecule has 422 valence electrons. The van der Waals surface area contributed by atoms with Crippen LogP contribution in [-0.2, 0) is 33.6 Å². The zero-order valence-corrected chi connectivity index (χ0v) is 43.7. The average molecular weight is 1080 g/mol. The van der Waals surface area contributed by atoms with E-state index in [-0.39, 0.29) is 36.6 Å². The van der Waals surface area contributed by atoms with E-state index in [0.717, 1.165) is 0 Å². The number of nitrogens with zero attached hydrogens (tertiary/aromatic N) is 1. The van der Waals surface area contributed by atoms with Crippen molar-refractivity contribution in [1.82, 2.24) is 10.6 Å². The van der Waals surface area contributed by atoms with Crippen LogP contribution in [0.3, 0.4) is 0 Å². The lowest BCUT2D eigenvalue weighted by atomic mass is 9.87. The first kappa shape index (κ1) is 63.3. The van der Waals surface area contributed by atoms with E-state index in [2.05, 4.69) is 15.6 Å². The number of ether oxygens (including phenoxy) is 4. The highest BCUT2D eigenvalue weighted by atomic mass is 32.2. The Balaban J connectivity index is 1.61. The minimum atomic E-state index is -4.05. The van der Waals surface area contributed by atoms with Crippen LogP contribution in [0.15, 0.2) is 101 Å². The van der Waals surface area contributed by atoms with E-state index < -0.39 is 163 Å². The van der Waals surface area contributed by atoms with Gasteiger partial charge >= 0.3 is 12.0 Å². The Morgan fingerprint density at radius 2 is 1.36 bits per heavy atom. The molecule has 4 aliphatic rings. The molecule has 23 heteroatoms.